The first-order valence-corrected chi connectivity index (χ1v) is 48.6. The first kappa shape index (κ1) is 99.3. The molecule has 15 amide bonds. The third-order valence-corrected chi connectivity index (χ3v) is 32.5. The Labute approximate surface area is 766 Å². The molecule has 34 heteroatoms. The number of hydrogen-bond acceptors (Lipinski definition) is 19. The number of hydrogen-bond donors (Lipinski definition) is 11. The average Bonchev–Trinajstić information content (AvgIpc) is 1.39. The Bertz CT molecular complexity index is 5540. The number of amides is 15. The molecule has 130 heavy (non-hydrogen) atoms. The van der Waals surface area contributed by atoms with Gasteiger partial charge in [0.1, 0.15) is 84.7 Å². The van der Waals surface area contributed by atoms with Gasteiger partial charge < -0.3 is 68.4 Å². The van der Waals surface area contributed by atoms with Crippen molar-refractivity contribution in [2.24, 2.45) is 11.7 Å². The first-order valence-electron chi connectivity index (χ1n) is 42.6. The van der Waals surface area contributed by atoms with E-state index in [9.17, 15) is 38.4 Å². The number of carbonyl (C=O) groups is 15. The molecule has 8 aromatic carbocycles. The van der Waals surface area contributed by atoms with Crippen LogP contribution in [0.25, 0.3) is 22.3 Å². The van der Waals surface area contributed by atoms with Crippen LogP contribution in [0.5, 0.6) is 0 Å². The highest BCUT2D eigenvalue weighted by Crippen LogP contribution is 2.49. The molecule has 30 nitrogen and oxygen atoms in total. The van der Waals surface area contributed by atoms with Crippen LogP contribution in [0, 0.1) is 5.92 Å². The summed E-state index contributed by atoms with van der Waals surface area (Å²) in [7, 11) is 0. The third kappa shape index (κ3) is 23.4. The number of nitrogens with one attached hydrogen (secondary N) is 10. The number of rotatable bonds is 37. The smallest absolute Gasteiger partial charge is 0.417 e. The zero-order chi connectivity index (χ0) is 95.0. The lowest BCUT2D eigenvalue weighted by molar-refractivity contribution is -0.143. The van der Waals surface area contributed by atoms with Crippen LogP contribution in [0.2, 0.25) is 0 Å². The zero-order valence-electron chi connectivity index (χ0n) is 74.7. The highest BCUT2D eigenvalue weighted by molar-refractivity contribution is 8.22. The highest BCUT2D eigenvalue weighted by Gasteiger charge is 2.48. The quantitative estimate of drug-likeness (QED) is 0.0185. The number of ether oxygens (including phenoxy) is 2. The molecule has 0 radical (unpaired) electrons. The first-order chi connectivity index (χ1) is 61.5. The normalized spacial score (nSPS) is 14.6. The van der Waals surface area contributed by atoms with E-state index in [2.05, 4.69) is 53.2 Å². The Balaban J connectivity index is 1.03. The van der Waals surface area contributed by atoms with Crippen molar-refractivity contribution in [3.8, 4) is 22.3 Å². The second kappa shape index (κ2) is 43.0. The standard InChI is InChI=1S/C96H111N13O17P2S2/c1-55(2)80(88(118)101-60(7)85(115)107-95(11,12)91(121)103-56(3)81(97)111)105-87(117)79(54-128(130,66-39-23-17-24-40-66)67-41-25-18-26-42-67)109(94(124)126-52-77-74-49-33-29-45-70(74)71-46-30-34-50-75(71)77)89(119)61(8)102-83(113)58(5)100-86(116)78(53-127(129,64-35-19-15-20-36-64)65-37-21-16-22-38-65)108(93(123)125-51-76-72-47-31-27-43-68(72)69-44-28-32-48-73(69)76)90(120)62(9)104-92(122)96(13,14)106-84(114)59(6)99-82(112)57(4)98-63(10)110/h15-50,55-62,76-80H,51-54H2,1-14H3,(H2,97,111)(H,98,110)(H,99,112)(H,100,116)(H,101,118)(H,102,113)(H,103,121)(H,104,122)(H,105,117)(H,106,114)(H,107,115)/t56-,57-,58-,59-,60-,61-,62-,78+,79-,80-/m0/s1. The predicted molar refractivity (Wildman–Crippen MR) is 503 cm³/mol. The summed E-state index contributed by atoms with van der Waals surface area (Å²) in [6, 6.07) is 41.6. The van der Waals surface area contributed by atoms with E-state index in [1.165, 1.54) is 83.1 Å². The van der Waals surface area contributed by atoms with Gasteiger partial charge in [-0.3, -0.25) is 62.3 Å². The van der Waals surface area contributed by atoms with E-state index >= 15 is 33.6 Å². The second-order valence-corrected chi connectivity index (χ2v) is 43.3. The van der Waals surface area contributed by atoms with Crippen molar-refractivity contribution in [2.75, 3.05) is 25.5 Å². The van der Waals surface area contributed by atoms with Crippen molar-refractivity contribution in [3.05, 3.63) is 241 Å². The van der Waals surface area contributed by atoms with Gasteiger partial charge in [-0.1, -0.05) is 256 Å². The molecule has 0 unspecified atom stereocenters. The van der Waals surface area contributed by atoms with Crippen LogP contribution in [-0.4, -0.2) is 196 Å². The van der Waals surface area contributed by atoms with Crippen LogP contribution in [0.3, 0.4) is 0 Å². The van der Waals surface area contributed by atoms with Crippen LogP contribution < -0.4 is 80.1 Å². The summed E-state index contributed by atoms with van der Waals surface area (Å²) < 4.78 is 12.7. The van der Waals surface area contributed by atoms with Gasteiger partial charge >= 0.3 is 12.2 Å². The van der Waals surface area contributed by atoms with Crippen LogP contribution >= 0.6 is 12.1 Å². The van der Waals surface area contributed by atoms with Gasteiger partial charge in [0.2, 0.25) is 65.0 Å². The lowest BCUT2D eigenvalue weighted by Crippen LogP contribution is -2.64. The Kier molecular flexibility index (Phi) is 32.9. The summed E-state index contributed by atoms with van der Waals surface area (Å²) >= 11 is 13.7. The number of primary amides is 1. The summed E-state index contributed by atoms with van der Waals surface area (Å²) in [5.74, 6) is -14.5. The van der Waals surface area contributed by atoms with Crippen molar-refractivity contribution in [1.82, 2.24) is 63.0 Å². The Morgan fingerprint density at radius 3 is 0.938 bits per heavy atom. The molecule has 0 aromatic heterocycles. The highest BCUT2D eigenvalue weighted by atomic mass is 32.4. The number of carbonyl (C=O) groups excluding carboxylic acids is 15. The lowest BCUT2D eigenvalue weighted by atomic mass is 9.98. The third-order valence-electron chi connectivity index (χ3n) is 22.9. The molecule has 684 valence electrons. The van der Waals surface area contributed by atoms with Crippen LogP contribution in [0.1, 0.15) is 131 Å². The van der Waals surface area contributed by atoms with Crippen molar-refractivity contribution >= 4 is 146 Å². The maximum absolute atomic E-state index is 16.4. The maximum Gasteiger partial charge on any atom is 0.417 e. The molecule has 10 atom stereocenters. The fraction of sp³-hybridized carbons (Fsp3) is 0.344. The van der Waals surface area contributed by atoms with E-state index in [4.69, 9.17) is 38.8 Å². The van der Waals surface area contributed by atoms with Gasteiger partial charge in [-0.05, 0) is 148 Å². The topological polar surface area (TPSA) is 427 Å². The number of fused-ring (bicyclic) bond motifs is 6. The SMILES string of the molecule is CC(=O)N[C@@H](C)C(=O)N[C@@H](C)C(=O)NC(C)(C)C(=O)N[C@@H](C)C(=O)N(C(=O)OCC1c2ccccc2-c2ccccc21)[C@H](CP(=S)(c1ccccc1)c1ccccc1)C(=O)N[C@@H](C)C(=O)N[C@@H](C)C(=O)N(C(=O)OCC1c2ccccc2-c2ccccc21)[C@@H](CP(=S)(c1ccccc1)c1ccccc1)C(=O)N[C@H](C(=O)N[C@@H](C)C(=O)NC(C)(C)C(=O)N[C@@H](C)C(N)=O)C(C)C. The van der Waals surface area contributed by atoms with E-state index in [-0.39, 0.29) is 0 Å². The van der Waals surface area contributed by atoms with E-state index in [1.54, 1.807) is 135 Å². The van der Waals surface area contributed by atoms with Gasteiger partial charge in [0.15, 0.2) is 0 Å². The zero-order valence-corrected chi connectivity index (χ0v) is 78.2. The molecule has 2 aliphatic rings. The number of nitrogens with two attached hydrogens (primary N) is 1. The Morgan fingerprint density at radius 1 is 0.346 bits per heavy atom. The minimum absolute atomic E-state index is 0.416. The van der Waals surface area contributed by atoms with Gasteiger partial charge in [0, 0.05) is 43.2 Å². The number of imide groups is 2. The van der Waals surface area contributed by atoms with Crippen molar-refractivity contribution < 1.29 is 81.4 Å². The van der Waals surface area contributed by atoms with Crippen molar-refractivity contribution in [2.45, 2.75) is 180 Å². The number of benzene rings is 8. The molecule has 2 aliphatic carbocycles. The van der Waals surface area contributed by atoms with E-state index in [0.717, 1.165) is 44.5 Å². The van der Waals surface area contributed by atoms with E-state index in [1.807, 2.05) is 97.1 Å². The van der Waals surface area contributed by atoms with Crippen LogP contribution in [0.15, 0.2) is 218 Å². The molecule has 0 bridgehead atoms. The Morgan fingerprint density at radius 2 is 0.615 bits per heavy atom. The minimum atomic E-state index is -3.52. The summed E-state index contributed by atoms with van der Waals surface area (Å²) in [5.41, 5.74) is 8.32. The molecular formula is C96H111N13O17P2S2. The molecule has 0 aliphatic heterocycles. The monoisotopic (exact) mass is 1840 g/mol. The average molecular weight is 1850 g/mol. The van der Waals surface area contributed by atoms with E-state index in [0.29, 0.717) is 31.0 Å². The summed E-state index contributed by atoms with van der Waals surface area (Å²) in [6.45, 7) is 18.0. The summed E-state index contributed by atoms with van der Waals surface area (Å²) in [6.07, 6.45) is -3.87. The molecule has 10 rings (SSSR count). The summed E-state index contributed by atoms with van der Waals surface area (Å²) in [4.78, 5) is 221. The summed E-state index contributed by atoms with van der Waals surface area (Å²) in [5, 5.41) is 27.9. The van der Waals surface area contributed by atoms with E-state index < -0.39 is 216 Å². The predicted octanol–water partition coefficient (Wildman–Crippen LogP) is 6.51. The second-order valence-electron chi connectivity index (χ2n) is 33.8. The van der Waals surface area contributed by atoms with Crippen molar-refractivity contribution in [3.63, 3.8) is 0 Å². The lowest BCUT2D eigenvalue weighted by Gasteiger charge is -2.36. The van der Waals surface area contributed by atoms with Gasteiger partial charge in [0.25, 0.3) is 11.8 Å². The van der Waals surface area contributed by atoms with Gasteiger partial charge in [0.05, 0.1) is 0 Å². The van der Waals surface area contributed by atoms with Gasteiger partial charge in [-0.2, -0.15) is 0 Å². The van der Waals surface area contributed by atoms with Crippen LogP contribution in [0.4, 0.5) is 9.59 Å². The van der Waals surface area contributed by atoms with Crippen LogP contribution in [-0.2, 0) is 95.4 Å². The fourth-order valence-electron chi connectivity index (χ4n) is 15.5. The molecule has 0 spiro atoms. The maximum atomic E-state index is 16.4. The molecule has 8 aromatic rings. The molecule has 0 heterocycles. The van der Waals surface area contributed by atoms with Crippen molar-refractivity contribution in [1.29, 1.82) is 0 Å². The number of nitrogens with zero attached hydrogens (tertiary/aromatic N) is 2. The largest absolute Gasteiger partial charge is 0.448 e. The molecule has 0 saturated heterocycles. The molecular weight excluding hydrogens is 1730 g/mol. The Hall–Kier alpha value is -12.9. The molecule has 0 saturated carbocycles. The minimum Gasteiger partial charge on any atom is -0.448 e. The van der Waals surface area contributed by atoms with Gasteiger partial charge in [-0.25, -0.2) is 19.4 Å². The van der Waals surface area contributed by atoms with Gasteiger partial charge in [-0.15, -0.1) is 0 Å². The molecule has 0 fully saturated rings. The molecule has 12 N–H and O–H groups in total. The fourth-order valence-corrected chi connectivity index (χ4v) is 23.5.